The average molecular weight is 728 g/mol. The summed E-state index contributed by atoms with van der Waals surface area (Å²) in [7, 11) is 1.45. The van der Waals surface area contributed by atoms with Crippen LogP contribution in [-0.2, 0) is 14.6 Å². The summed E-state index contributed by atoms with van der Waals surface area (Å²) in [4.78, 5) is 52.7. The Bertz CT molecular complexity index is 2040. The lowest BCUT2D eigenvalue weighted by molar-refractivity contribution is -0.188. The highest BCUT2D eigenvalue weighted by Gasteiger charge is 2.37. The first-order valence-corrected chi connectivity index (χ1v) is 18.8. The Morgan fingerprint density at radius 2 is 1.41 bits per heavy atom. The number of carbonyl (C=O) groups excluding carboxylic acids is 1. The molecule has 5 heterocycles. The van der Waals surface area contributed by atoms with E-state index in [9.17, 15) is 4.79 Å². The lowest BCUT2D eigenvalue weighted by Crippen LogP contribution is -2.45. The van der Waals surface area contributed by atoms with Gasteiger partial charge in [-0.1, -0.05) is 69.0 Å². The van der Waals surface area contributed by atoms with Crippen molar-refractivity contribution in [2.45, 2.75) is 70.6 Å². The fraction of sp³-hybridized carbons (Fsp3) is 0.357. The van der Waals surface area contributed by atoms with E-state index in [1.807, 2.05) is 36.4 Å². The molecule has 2 aliphatic rings. The second kappa shape index (κ2) is 16.5. The topological polar surface area (TPSA) is 137 Å². The van der Waals surface area contributed by atoms with Crippen molar-refractivity contribution < 1.29 is 14.6 Å². The predicted octanol–water partition coefficient (Wildman–Crippen LogP) is 7.97. The SMILES string of the molecule is C=C([C@H](C)N=COOC)N1CCC[C@H]1c1ncc(-c2ccc(-c3ccc(-c4cnc([C@@H]5CCCN5C(=O)[C@@H](Nc5cccnc5)C(C)C)[nH]4)cc3)cc2)[nH]1. The summed E-state index contributed by atoms with van der Waals surface area (Å²) in [6.45, 7) is 12.1. The number of rotatable bonds is 14. The number of anilines is 1. The van der Waals surface area contributed by atoms with Gasteiger partial charge < -0.3 is 30.0 Å². The minimum absolute atomic E-state index is 0.0889. The fourth-order valence-electron chi connectivity index (χ4n) is 7.50. The van der Waals surface area contributed by atoms with Crippen LogP contribution in [0, 0.1) is 5.92 Å². The molecule has 54 heavy (non-hydrogen) atoms. The van der Waals surface area contributed by atoms with Crippen LogP contribution in [0.2, 0.25) is 0 Å². The Kier molecular flexibility index (Phi) is 11.2. The third-order valence-corrected chi connectivity index (χ3v) is 10.5. The van der Waals surface area contributed by atoms with Crippen LogP contribution in [0.3, 0.4) is 0 Å². The number of hydrogen-bond donors (Lipinski definition) is 3. The molecule has 3 N–H and O–H groups in total. The number of nitrogens with one attached hydrogen (secondary N) is 3. The standard InChI is InChI=1S/C42H49N9O3/c1-27(2)39(47-34-9-6-20-43-23-34)42(52)51-22-8-11-38(51)41-45-25-36(49-41)33-18-14-31(15-19-33)30-12-16-32(17-13-30)35-24-44-40(48-35)37-10-7-21-50(37)29(4)28(3)46-26-54-53-5/h6,9,12-20,23-28,37-39,47H,4,7-8,10-11,21-22H2,1-3,5H3,(H,44,48)(H,45,49)/t28-,37-,38-,39-/m0/s1. The molecule has 2 saturated heterocycles. The molecule has 3 aromatic heterocycles. The molecule has 0 radical (unpaired) electrons. The van der Waals surface area contributed by atoms with Crippen LogP contribution in [0.25, 0.3) is 33.6 Å². The molecule has 4 atom stereocenters. The van der Waals surface area contributed by atoms with Gasteiger partial charge in [0, 0.05) is 31.2 Å². The first-order chi connectivity index (χ1) is 26.3. The monoisotopic (exact) mass is 727 g/mol. The van der Waals surface area contributed by atoms with Crippen molar-refractivity contribution in [2.75, 3.05) is 25.5 Å². The molecule has 2 fully saturated rings. The molecule has 5 aromatic rings. The highest BCUT2D eigenvalue weighted by molar-refractivity contribution is 5.85. The van der Waals surface area contributed by atoms with Crippen molar-refractivity contribution >= 4 is 18.0 Å². The normalized spacial score (nSPS) is 18.4. The minimum Gasteiger partial charge on any atom is -0.372 e. The molecule has 0 bridgehead atoms. The number of aliphatic imine (C=N–C) groups is 1. The predicted molar refractivity (Wildman–Crippen MR) is 211 cm³/mol. The van der Waals surface area contributed by atoms with Gasteiger partial charge in [0.1, 0.15) is 17.7 Å². The van der Waals surface area contributed by atoms with E-state index in [1.165, 1.54) is 13.5 Å². The zero-order valence-electron chi connectivity index (χ0n) is 31.4. The van der Waals surface area contributed by atoms with E-state index in [0.717, 1.165) is 88.9 Å². The van der Waals surface area contributed by atoms with E-state index in [-0.39, 0.29) is 36.0 Å². The fourth-order valence-corrected chi connectivity index (χ4v) is 7.50. The number of likely N-dealkylation sites (tertiary alicyclic amines) is 2. The quantitative estimate of drug-likeness (QED) is 0.0454. The number of amides is 1. The van der Waals surface area contributed by atoms with E-state index < -0.39 is 0 Å². The zero-order valence-corrected chi connectivity index (χ0v) is 31.4. The van der Waals surface area contributed by atoms with Crippen LogP contribution >= 0.6 is 0 Å². The average Bonchev–Trinajstić information content (AvgIpc) is 4.04. The Morgan fingerprint density at radius 1 is 0.852 bits per heavy atom. The molecule has 2 aromatic carbocycles. The van der Waals surface area contributed by atoms with Crippen LogP contribution < -0.4 is 5.32 Å². The lowest BCUT2D eigenvalue weighted by atomic mass is 10.0. The van der Waals surface area contributed by atoms with Crippen LogP contribution in [0.4, 0.5) is 5.69 Å². The maximum absolute atomic E-state index is 13.9. The Labute approximate surface area is 316 Å². The summed E-state index contributed by atoms with van der Waals surface area (Å²) in [6, 6.07) is 20.4. The number of H-pyrrole nitrogens is 2. The van der Waals surface area contributed by atoms with Gasteiger partial charge in [-0.15, -0.1) is 0 Å². The summed E-state index contributed by atoms with van der Waals surface area (Å²) in [5, 5.41) is 3.41. The molecule has 7 rings (SSSR count). The number of benzene rings is 2. The van der Waals surface area contributed by atoms with Crippen molar-refractivity contribution in [1.29, 1.82) is 0 Å². The highest BCUT2D eigenvalue weighted by Crippen LogP contribution is 2.36. The number of hydrogen-bond acceptors (Lipinski definition) is 9. The van der Waals surface area contributed by atoms with E-state index in [2.05, 4.69) is 104 Å². The van der Waals surface area contributed by atoms with Gasteiger partial charge in [0.25, 0.3) is 0 Å². The third kappa shape index (κ3) is 7.93. The minimum atomic E-state index is -0.352. The van der Waals surface area contributed by atoms with E-state index in [0.29, 0.717) is 6.54 Å². The van der Waals surface area contributed by atoms with Gasteiger partial charge in [0.05, 0.1) is 54.7 Å². The second-order valence-corrected chi connectivity index (χ2v) is 14.4. The Morgan fingerprint density at radius 3 is 1.94 bits per heavy atom. The van der Waals surface area contributed by atoms with Crippen LogP contribution in [0.5, 0.6) is 0 Å². The Balaban J connectivity index is 0.991. The largest absolute Gasteiger partial charge is 0.372 e. The van der Waals surface area contributed by atoms with Gasteiger partial charge in [-0.25, -0.2) is 15.0 Å². The van der Waals surface area contributed by atoms with E-state index in [4.69, 9.17) is 14.9 Å². The van der Waals surface area contributed by atoms with Gasteiger partial charge in [0.2, 0.25) is 12.3 Å². The molecule has 0 aliphatic carbocycles. The number of nitrogens with zero attached hydrogens (tertiary/aromatic N) is 6. The van der Waals surface area contributed by atoms with Crippen LogP contribution in [0.15, 0.2) is 103 Å². The van der Waals surface area contributed by atoms with Crippen LogP contribution in [-0.4, -0.2) is 79.3 Å². The van der Waals surface area contributed by atoms with Gasteiger partial charge in [-0.2, -0.15) is 4.89 Å². The summed E-state index contributed by atoms with van der Waals surface area (Å²) in [5.74, 6) is 1.95. The summed E-state index contributed by atoms with van der Waals surface area (Å²) >= 11 is 0. The molecule has 0 unspecified atom stereocenters. The second-order valence-electron chi connectivity index (χ2n) is 14.4. The van der Waals surface area contributed by atoms with Gasteiger partial charge >= 0.3 is 0 Å². The lowest BCUT2D eigenvalue weighted by Gasteiger charge is -2.30. The molecular weight excluding hydrogens is 679 g/mol. The molecular formula is C42H49N9O3. The smallest absolute Gasteiger partial charge is 0.245 e. The van der Waals surface area contributed by atoms with E-state index in [1.54, 1.807) is 12.4 Å². The molecule has 280 valence electrons. The third-order valence-electron chi connectivity index (χ3n) is 10.5. The number of pyridine rings is 1. The van der Waals surface area contributed by atoms with Crippen molar-refractivity contribution in [2.24, 2.45) is 10.9 Å². The van der Waals surface area contributed by atoms with Crippen molar-refractivity contribution in [3.63, 3.8) is 0 Å². The number of carbonyl (C=O) groups is 1. The molecule has 0 saturated carbocycles. The Hall–Kier alpha value is -5.75. The molecule has 1 amide bonds. The van der Waals surface area contributed by atoms with Crippen molar-refractivity contribution in [3.8, 4) is 33.6 Å². The first kappa shape index (κ1) is 36.6. The van der Waals surface area contributed by atoms with Gasteiger partial charge in [-0.05, 0) is 72.9 Å². The molecule has 12 nitrogen and oxygen atoms in total. The van der Waals surface area contributed by atoms with Gasteiger partial charge in [0.15, 0.2) is 0 Å². The number of imidazole rings is 2. The summed E-state index contributed by atoms with van der Waals surface area (Å²) in [5.41, 5.74) is 8.04. The summed E-state index contributed by atoms with van der Waals surface area (Å²) < 4.78 is 0. The number of aromatic amines is 2. The molecule has 12 heteroatoms. The molecule has 2 aliphatic heterocycles. The van der Waals surface area contributed by atoms with Crippen molar-refractivity contribution in [3.05, 3.63) is 109 Å². The molecule has 0 spiro atoms. The van der Waals surface area contributed by atoms with Gasteiger partial charge in [-0.3, -0.25) is 9.78 Å². The van der Waals surface area contributed by atoms with E-state index >= 15 is 0 Å². The first-order valence-electron chi connectivity index (χ1n) is 18.8. The number of aromatic nitrogens is 5. The maximum Gasteiger partial charge on any atom is 0.245 e. The summed E-state index contributed by atoms with van der Waals surface area (Å²) in [6.07, 6.45) is 12.4. The highest BCUT2D eigenvalue weighted by atomic mass is 17.2. The van der Waals surface area contributed by atoms with Crippen LogP contribution in [0.1, 0.15) is 70.2 Å². The maximum atomic E-state index is 13.9. The zero-order chi connectivity index (χ0) is 37.6. The van der Waals surface area contributed by atoms with Crippen molar-refractivity contribution in [1.82, 2.24) is 34.7 Å².